The lowest BCUT2D eigenvalue weighted by Crippen LogP contribution is -2.29. The zero-order chi connectivity index (χ0) is 22.9. The molecule has 2 aromatic heterocycles. The Labute approximate surface area is 196 Å². The number of aryl methyl sites for hydroxylation is 1. The van der Waals surface area contributed by atoms with Gasteiger partial charge in [-0.05, 0) is 36.1 Å². The van der Waals surface area contributed by atoms with Crippen molar-refractivity contribution in [2.45, 2.75) is 13.0 Å². The molecule has 0 radical (unpaired) electrons. The van der Waals surface area contributed by atoms with Crippen molar-refractivity contribution in [3.05, 3.63) is 104 Å². The molecular weight excluding hydrogens is 463 g/mol. The number of benzene rings is 3. The van der Waals surface area contributed by atoms with Gasteiger partial charge >= 0.3 is 0 Å². The van der Waals surface area contributed by atoms with Crippen LogP contribution in [-0.2, 0) is 0 Å². The minimum Gasteiger partial charge on any atom is -0.450 e. The summed E-state index contributed by atoms with van der Waals surface area (Å²) in [6.45, 7) is 1.72. The van der Waals surface area contributed by atoms with Crippen LogP contribution in [0.3, 0.4) is 0 Å². The van der Waals surface area contributed by atoms with Crippen molar-refractivity contribution in [3.63, 3.8) is 0 Å². The van der Waals surface area contributed by atoms with Gasteiger partial charge in [0, 0.05) is 11.5 Å². The molecule has 1 amide bonds. The number of aromatic nitrogens is 1. The normalized spacial score (nSPS) is 15.5. The Morgan fingerprint density at radius 3 is 2.52 bits per heavy atom. The number of anilines is 1. The molecular formula is C25H14Cl2N2O4. The van der Waals surface area contributed by atoms with E-state index in [9.17, 15) is 9.59 Å². The highest BCUT2D eigenvalue weighted by atomic mass is 35.5. The number of rotatable bonds is 2. The molecule has 0 saturated carbocycles. The molecule has 162 valence electrons. The Morgan fingerprint density at radius 1 is 0.939 bits per heavy atom. The molecule has 0 unspecified atom stereocenters. The van der Waals surface area contributed by atoms with Crippen molar-refractivity contribution in [1.29, 1.82) is 0 Å². The fraction of sp³-hybridized carbons (Fsp3) is 0.0800. The molecule has 1 aliphatic rings. The summed E-state index contributed by atoms with van der Waals surface area (Å²) in [6.07, 6.45) is 0. The zero-order valence-corrected chi connectivity index (χ0v) is 18.6. The highest BCUT2D eigenvalue weighted by molar-refractivity contribution is 6.42. The van der Waals surface area contributed by atoms with Crippen molar-refractivity contribution in [3.8, 4) is 0 Å². The topological polar surface area (TPSA) is 76.6 Å². The standard InChI is InChI=1S/C25H14Cl2N2O4/c1-12-10-19(28-33-12)29-21(14-7-9-17(26)18(27)11-14)20-22(30)16-8-6-13-4-2-3-5-15(13)23(16)32-24(20)25(29)31/h2-11,21H,1H3/t21-/m0/s1. The van der Waals surface area contributed by atoms with Crippen LogP contribution in [0, 0.1) is 6.92 Å². The fourth-order valence-electron chi connectivity index (χ4n) is 4.40. The molecule has 1 aliphatic heterocycles. The Balaban J connectivity index is 1.69. The van der Waals surface area contributed by atoms with E-state index < -0.39 is 11.9 Å². The fourth-order valence-corrected chi connectivity index (χ4v) is 4.71. The number of carbonyl (C=O) groups is 1. The van der Waals surface area contributed by atoms with Gasteiger partial charge in [-0.2, -0.15) is 0 Å². The molecule has 6 rings (SSSR count). The summed E-state index contributed by atoms with van der Waals surface area (Å²) in [5.74, 6) is 0.284. The third-order valence-corrected chi connectivity index (χ3v) is 6.62. The molecule has 0 aliphatic carbocycles. The van der Waals surface area contributed by atoms with Gasteiger partial charge in [0.2, 0.25) is 5.76 Å². The highest BCUT2D eigenvalue weighted by Crippen LogP contribution is 2.42. The number of halogens is 2. The minimum absolute atomic E-state index is 0.0272. The first-order chi connectivity index (χ1) is 15.9. The van der Waals surface area contributed by atoms with E-state index in [1.807, 2.05) is 30.3 Å². The van der Waals surface area contributed by atoms with Crippen LogP contribution < -0.4 is 10.3 Å². The van der Waals surface area contributed by atoms with E-state index in [0.717, 1.165) is 10.8 Å². The second-order valence-corrected chi connectivity index (χ2v) is 8.70. The molecule has 1 atom stereocenters. The lowest BCUT2D eigenvalue weighted by Gasteiger charge is -2.22. The van der Waals surface area contributed by atoms with Crippen LogP contribution in [-0.4, -0.2) is 11.1 Å². The SMILES string of the molecule is Cc1cc(N2C(=O)c3oc4c(ccc5ccccc54)c(=O)c3[C@@H]2c2ccc(Cl)c(Cl)c2)no1. The summed E-state index contributed by atoms with van der Waals surface area (Å²) >= 11 is 12.4. The average molecular weight is 477 g/mol. The van der Waals surface area contributed by atoms with E-state index in [0.29, 0.717) is 32.3 Å². The maximum absolute atomic E-state index is 13.8. The number of hydrogen-bond acceptors (Lipinski definition) is 5. The predicted molar refractivity (Wildman–Crippen MR) is 126 cm³/mol. The van der Waals surface area contributed by atoms with Crippen LogP contribution in [0.1, 0.15) is 33.5 Å². The molecule has 6 nitrogen and oxygen atoms in total. The summed E-state index contributed by atoms with van der Waals surface area (Å²) in [5.41, 5.74) is 0.909. The molecule has 0 bridgehead atoms. The lowest BCUT2D eigenvalue weighted by atomic mass is 9.97. The van der Waals surface area contributed by atoms with Gasteiger partial charge < -0.3 is 8.94 Å². The lowest BCUT2D eigenvalue weighted by molar-refractivity contribution is 0.0969. The summed E-state index contributed by atoms with van der Waals surface area (Å²) in [5, 5.41) is 6.75. The highest BCUT2D eigenvalue weighted by Gasteiger charge is 2.45. The molecule has 3 heterocycles. The first-order valence-electron chi connectivity index (χ1n) is 10.1. The van der Waals surface area contributed by atoms with Crippen LogP contribution in [0.2, 0.25) is 10.0 Å². The number of carbonyl (C=O) groups excluding carboxylic acids is 1. The van der Waals surface area contributed by atoms with Crippen LogP contribution in [0.4, 0.5) is 5.82 Å². The van der Waals surface area contributed by atoms with Crippen LogP contribution in [0.15, 0.2) is 74.4 Å². The van der Waals surface area contributed by atoms with Crippen LogP contribution in [0.5, 0.6) is 0 Å². The Morgan fingerprint density at radius 2 is 1.76 bits per heavy atom. The largest absolute Gasteiger partial charge is 0.450 e. The Bertz CT molecular complexity index is 1670. The van der Waals surface area contributed by atoms with Crippen molar-refractivity contribution >= 4 is 56.7 Å². The zero-order valence-electron chi connectivity index (χ0n) is 17.1. The third-order valence-electron chi connectivity index (χ3n) is 5.88. The second-order valence-electron chi connectivity index (χ2n) is 7.88. The van der Waals surface area contributed by atoms with Gasteiger partial charge in [0.05, 0.1) is 27.0 Å². The molecule has 0 N–H and O–H groups in total. The molecule has 8 heteroatoms. The molecule has 3 aromatic carbocycles. The first-order valence-corrected chi connectivity index (χ1v) is 10.9. The van der Waals surface area contributed by atoms with Crippen LogP contribution >= 0.6 is 23.2 Å². The van der Waals surface area contributed by atoms with Gasteiger partial charge in [-0.3, -0.25) is 14.5 Å². The summed E-state index contributed by atoms with van der Waals surface area (Å²) in [4.78, 5) is 28.8. The van der Waals surface area contributed by atoms with Crippen LogP contribution in [0.25, 0.3) is 21.7 Å². The predicted octanol–water partition coefficient (Wildman–Crippen LogP) is 6.30. The minimum atomic E-state index is -0.807. The molecule has 0 fully saturated rings. The van der Waals surface area contributed by atoms with E-state index in [-0.39, 0.29) is 22.6 Å². The smallest absolute Gasteiger partial charge is 0.296 e. The van der Waals surface area contributed by atoms with Crippen molar-refractivity contribution in [1.82, 2.24) is 5.16 Å². The molecule has 0 saturated heterocycles. The Hall–Kier alpha value is -3.61. The van der Waals surface area contributed by atoms with Gasteiger partial charge in [0.25, 0.3) is 5.91 Å². The van der Waals surface area contributed by atoms with E-state index in [4.69, 9.17) is 32.1 Å². The Kier molecular flexibility index (Phi) is 4.37. The maximum Gasteiger partial charge on any atom is 0.296 e. The van der Waals surface area contributed by atoms with Gasteiger partial charge in [-0.1, -0.05) is 64.8 Å². The summed E-state index contributed by atoms with van der Waals surface area (Å²) < 4.78 is 11.4. The molecule has 0 spiro atoms. The van der Waals surface area contributed by atoms with Gasteiger partial charge in [-0.15, -0.1) is 0 Å². The average Bonchev–Trinajstić information content (AvgIpc) is 3.36. The molecule has 33 heavy (non-hydrogen) atoms. The van der Waals surface area contributed by atoms with E-state index in [1.165, 1.54) is 4.90 Å². The maximum atomic E-state index is 13.8. The number of nitrogens with zero attached hydrogens (tertiary/aromatic N) is 2. The summed E-state index contributed by atoms with van der Waals surface area (Å²) in [7, 11) is 0. The van der Waals surface area contributed by atoms with Crippen molar-refractivity contribution in [2.24, 2.45) is 0 Å². The monoisotopic (exact) mass is 476 g/mol. The summed E-state index contributed by atoms with van der Waals surface area (Å²) in [6, 6.07) is 17.0. The first kappa shape index (κ1) is 20.0. The number of amides is 1. The van der Waals surface area contributed by atoms with Gasteiger partial charge in [-0.25, -0.2) is 0 Å². The van der Waals surface area contributed by atoms with E-state index in [1.54, 1.807) is 37.3 Å². The van der Waals surface area contributed by atoms with Crippen molar-refractivity contribution in [2.75, 3.05) is 4.90 Å². The van der Waals surface area contributed by atoms with Gasteiger partial charge in [0.1, 0.15) is 11.3 Å². The van der Waals surface area contributed by atoms with E-state index >= 15 is 0 Å². The second kappa shape index (κ2) is 7.20. The van der Waals surface area contributed by atoms with Gasteiger partial charge in [0.15, 0.2) is 11.2 Å². The third kappa shape index (κ3) is 2.91. The van der Waals surface area contributed by atoms with E-state index in [2.05, 4.69) is 5.16 Å². The number of fused-ring (bicyclic) bond motifs is 4. The molecule has 5 aromatic rings. The number of hydrogen-bond donors (Lipinski definition) is 0. The quantitative estimate of drug-likeness (QED) is 0.279. The van der Waals surface area contributed by atoms with Crippen molar-refractivity contribution < 1.29 is 13.7 Å².